The Kier molecular flexibility index (Phi) is 3.54. The molecule has 4 nitrogen and oxygen atoms in total. The maximum atomic E-state index is 9.31. The molecular formula is C13H17N3O. The summed E-state index contributed by atoms with van der Waals surface area (Å²) < 4.78 is 1.86. The lowest BCUT2D eigenvalue weighted by Gasteiger charge is -2.07. The molecule has 0 fully saturated rings. The van der Waals surface area contributed by atoms with E-state index in [0.29, 0.717) is 5.69 Å². The molecule has 0 bridgehead atoms. The van der Waals surface area contributed by atoms with Crippen molar-refractivity contribution in [1.82, 2.24) is 15.0 Å². The zero-order valence-electron chi connectivity index (χ0n) is 10.2. The third kappa shape index (κ3) is 2.36. The summed E-state index contributed by atoms with van der Waals surface area (Å²) in [5.41, 5.74) is 3.82. The summed E-state index contributed by atoms with van der Waals surface area (Å²) in [5.74, 6) is 0. The highest BCUT2D eigenvalue weighted by atomic mass is 16.3. The molecule has 0 spiro atoms. The Hall–Kier alpha value is -1.68. The molecule has 1 aromatic heterocycles. The highest BCUT2D eigenvalue weighted by molar-refractivity contribution is 5.62. The number of aryl methyl sites for hydroxylation is 2. The molecule has 0 unspecified atom stereocenters. The topological polar surface area (TPSA) is 50.9 Å². The van der Waals surface area contributed by atoms with Crippen LogP contribution >= 0.6 is 0 Å². The summed E-state index contributed by atoms with van der Waals surface area (Å²) in [4.78, 5) is 0. The van der Waals surface area contributed by atoms with Crippen molar-refractivity contribution in [2.45, 2.75) is 33.4 Å². The molecule has 0 aliphatic heterocycles. The van der Waals surface area contributed by atoms with Gasteiger partial charge in [0.25, 0.3) is 0 Å². The zero-order valence-corrected chi connectivity index (χ0v) is 10.2. The molecular weight excluding hydrogens is 214 g/mol. The van der Waals surface area contributed by atoms with E-state index in [-0.39, 0.29) is 6.61 Å². The SMILES string of the molecule is CCCn1nnc(CO)c1-c1cccc(C)c1. The first kappa shape index (κ1) is 11.8. The molecule has 1 aromatic carbocycles. The average Bonchev–Trinajstić information content (AvgIpc) is 2.72. The predicted molar refractivity (Wildman–Crippen MR) is 66.4 cm³/mol. The third-order valence-corrected chi connectivity index (χ3v) is 2.68. The van der Waals surface area contributed by atoms with Crippen LogP contribution in [0.25, 0.3) is 11.3 Å². The van der Waals surface area contributed by atoms with Gasteiger partial charge >= 0.3 is 0 Å². The Bertz CT molecular complexity index is 505. The molecule has 1 N–H and O–H groups in total. The molecule has 2 rings (SSSR count). The van der Waals surface area contributed by atoms with Crippen LogP contribution in [0, 0.1) is 6.92 Å². The molecule has 4 heteroatoms. The van der Waals surface area contributed by atoms with Crippen molar-refractivity contribution in [3.63, 3.8) is 0 Å². The summed E-state index contributed by atoms with van der Waals surface area (Å²) in [6, 6.07) is 8.17. The molecule has 0 aliphatic rings. The molecule has 90 valence electrons. The summed E-state index contributed by atoms with van der Waals surface area (Å²) in [6.45, 7) is 4.89. The molecule has 0 atom stereocenters. The van der Waals surface area contributed by atoms with Gasteiger partial charge in [-0.05, 0) is 19.4 Å². The third-order valence-electron chi connectivity index (χ3n) is 2.68. The van der Waals surface area contributed by atoms with Crippen LogP contribution in [-0.4, -0.2) is 20.1 Å². The van der Waals surface area contributed by atoms with Gasteiger partial charge in [-0.3, -0.25) is 0 Å². The monoisotopic (exact) mass is 231 g/mol. The number of aliphatic hydroxyl groups excluding tert-OH is 1. The second kappa shape index (κ2) is 5.10. The Morgan fingerprint density at radius 3 is 2.82 bits per heavy atom. The van der Waals surface area contributed by atoms with Crippen molar-refractivity contribution in [3.8, 4) is 11.3 Å². The Labute approximate surface area is 101 Å². The zero-order chi connectivity index (χ0) is 12.3. The molecule has 1 heterocycles. The van der Waals surface area contributed by atoms with Crippen molar-refractivity contribution in [3.05, 3.63) is 35.5 Å². The van der Waals surface area contributed by atoms with Crippen molar-refractivity contribution < 1.29 is 5.11 Å². The van der Waals surface area contributed by atoms with Gasteiger partial charge in [0.2, 0.25) is 0 Å². The van der Waals surface area contributed by atoms with E-state index < -0.39 is 0 Å². The lowest BCUT2D eigenvalue weighted by atomic mass is 10.1. The van der Waals surface area contributed by atoms with E-state index in [4.69, 9.17) is 0 Å². The minimum atomic E-state index is -0.0764. The molecule has 0 saturated heterocycles. The predicted octanol–water partition coefficient (Wildman–Crippen LogP) is 2.16. The van der Waals surface area contributed by atoms with Gasteiger partial charge in [-0.2, -0.15) is 0 Å². The number of aromatic nitrogens is 3. The van der Waals surface area contributed by atoms with E-state index in [1.807, 2.05) is 16.8 Å². The number of benzene rings is 1. The van der Waals surface area contributed by atoms with Crippen molar-refractivity contribution in [1.29, 1.82) is 0 Å². The van der Waals surface area contributed by atoms with E-state index in [0.717, 1.165) is 24.2 Å². The molecule has 0 saturated carbocycles. The summed E-state index contributed by atoms with van der Waals surface area (Å²) in [6.07, 6.45) is 0.993. The van der Waals surface area contributed by atoms with Gasteiger partial charge < -0.3 is 5.11 Å². The molecule has 0 aliphatic carbocycles. The van der Waals surface area contributed by atoms with Gasteiger partial charge in [0.1, 0.15) is 5.69 Å². The molecule has 17 heavy (non-hydrogen) atoms. The van der Waals surface area contributed by atoms with Crippen molar-refractivity contribution in [2.75, 3.05) is 0 Å². The summed E-state index contributed by atoms with van der Waals surface area (Å²) in [7, 11) is 0. The number of nitrogens with zero attached hydrogens (tertiary/aromatic N) is 3. The van der Waals surface area contributed by atoms with Crippen molar-refractivity contribution in [2.24, 2.45) is 0 Å². The quantitative estimate of drug-likeness (QED) is 0.877. The first-order valence-corrected chi connectivity index (χ1v) is 5.86. The minimum Gasteiger partial charge on any atom is -0.390 e. The Morgan fingerprint density at radius 1 is 1.35 bits per heavy atom. The molecule has 0 amide bonds. The fourth-order valence-corrected chi connectivity index (χ4v) is 1.93. The number of hydrogen-bond donors (Lipinski definition) is 1. The summed E-state index contributed by atoms with van der Waals surface area (Å²) in [5, 5.41) is 17.4. The lowest BCUT2D eigenvalue weighted by molar-refractivity contribution is 0.277. The fourth-order valence-electron chi connectivity index (χ4n) is 1.93. The maximum absolute atomic E-state index is 9.31. The van der Waals surface area contributed by atoms with Crippen molar-refractivity contribution >= 4 is 0 Å². The highest BCUT2D eigenvalue weighted by Crippen LogP contribution is 2.23. The highest BCUT2D eigenvalue weighted by Gasteiger charge is 2.13. The first-order valence-electron chi connectivity index (χ1n) is 5.86. The standard InChI is InChI=1S/C13H17N3O/c1-3-7-16-13(12(9-17)14-15-16)11-6-4-5-10(2)8-11/h4-6,8,17H,3,7,9H2,1-2H3. The normalized spacial score (nSPS) is 10.8. The van der Waals surface area contributed by atoms with E-state index in [1.165, 1.54) is 5.56 Å². The lowest BCUT2D eigenvalue weighted by Crippen LogP contribution is -2.02. The van der Waals surface area contributed by atoms with Gasteiger partial charge in [0.05, 0.1) is 12.3 Å². The number of aliphatic hydroxyl groups is 1. The van der Waals surface area contributed by atoms with Crippen LogP contribution in [-0.2, 0) is 13.2 Å². The first-order chi connectivity index (χ1) is 8.26. The van der Waals surface area contributed by atoms with Gasteiger partial charge in [-0.1, -0.05) is 35.9 Å². The van der Waals surface area contributed by atoms with E-state index in [2.05, 4.69) is 36.3 Å². The van der Waals surface area contributed by atoms with Gasteiger partial charge in [0.15, 0.2) is 0 Å². The van der Waals surface area contributed by atoms with Gasteiger partial charge in [-0.25, -0.2) is 4.68 Å². The van der Waals surface area contributed by atoms with Crippen LogP contribution in [0.1, 0.15) is 24.6 Å². The minimum absolute atomic E-state index is 0.0764. The fraction of sp³-hybridized carbons (Fsp3) is 0.385. The second-order valence-corrected chi connectivity index (χ2v) is 4.14. The maximum Gasteiger partial charge on any atom is 0.116 e. The number of hydrogen-bond acceptors (Lipinski definition) is 3. The van der Waals surface area contributed by atoms with Crippen LogP contribution in [0.3, 0.4) is 0 Å². The van der Waals surface area contributed by atoms with Gasteiger partial charge in [0, 0.05) is 12.1 Å². The van der Waals surface area contributed by atoms with Crippen LogP contribution in [0.4, 0.5) is 0 Å². The second-order valence-electron chi connectivity index (χ2n) is 4.14. The van der Waals surface area contributed by atoms with Crippen LogP contribution in [0.2, 0.25) is 0 Å². The van der Waals surface area contributed by atoms with Gasteiger partial charge in [-0.15, -0.1) is 5.10 Å². The average molecular weight is 231 g/mol. The largest absolute Gasteiger partial charge is 0.390 e. The Morgan fingerprint density at radius 2 is 2.18 bits per heavy atom. The summed E-state index contributed by atoms with van der Waals surface area (Å²) >= 11 is 0. The van der Waals surface area contributed by atoms with Crippen LogP contribution in [0.5, 0.6) is 0 Å². The van der Waals surface area contributed by atoms with E-state index in [9.17, 15) is 5.11 Å². The van der Waals surface area contributed by atoms with E-state index >= 15 is 0 Å². The molecule has 2 aromatic rings. The Balaban J connectivity index is 2.51. The number of rotatable bonds is 4. The van der Waals surface area contributed by atoms with Crippen LogP contribution in [0.15, 0.2) is 24.3 Å². The van der Waals surface area contributed by atoms with E-state index in [1.54, 1.807) is 0 Å². The van der Waals surface area contributed by atoms with Crippen LogP contribution < -0.4 is 0 Å². The smallest absolute Gasteiger partial charge is 0.116 e. The molecule has 0 radical (unpaired) electrons.